The Morgan fingerprint density at radius 1 is 1.19 bits per heavy atom. The molecule has 0 radical (unpaired) electrons. The summed E-state index contributed by atoms with van der Waals surface area (Å²) in [5.74, 6) is 2.72. The number of aliphatic imine (C=N–C) groups is 1. The molecular weight excluding hydrogens is 324 g/mol. The summed E-state index contributed by atoms with van der Waals surface area (Å²) in [6.45, 7) is 8.68. The van der Waals surface area contributed by atoms with Crippen LogP contribution in [0.4, 0.5) is 0 Å². The van der Waals surface area contributed by atoms with Gasteiger partial charge in [0.25, 0.3) is 0 Å². The normalized spacial score (nSPS) is 20.7. The van der Waals surface area contributed by atoms with Crippen LogP contribution in [-0.2, 0) is 0 Å². The Bertz CT molecular complexity index is 848. The Hall–Kier alpha value is -2.43. The van der Waals surface area contributed by atoms with Gasteiger partial charge in [-0.2, -0.15) is 0 Å². The Kier molecular flexibility index (Phi) is 3.98. The number of hydrogen-bond acceptors (Lipinski definition) is 5. The summed E-state index contributed by atoms with van der Waals surface area (Å²) in [5.41, 5.74) is 6.08. The Morgan fingerprint density at radius 2 is 1.92 bits per heavy atom. The van der Waals surface area contributed by atoms with E-state index in [-0.39, 0.29) is 6.17 Å². The lowest BCUT2D eigenvalue weighted by atomic mass is 9.91. The van der Waals surface area contributed by atoms with Gasteiger partial charge in [0.1, 0.15) is 5.75 Å². The van der Waals surface area contributed by atoms with Crippen molar-refractivity contribution in [1.29, 1.82) is 0 Å². The maximum absolute atomic E-state index is 6.44. The highest BCUT2D eigenvalue weighted by atomic mass is 16.5. The second-order valence-corrected chi connectivity index (χ2v) is 7.53. The van der Waals surface area contributed by atoms with Crippen LogP contribution in [0.25, 0.3) is 5.57 Å². The molecule has 1 aromatic rings. The van der Waals surface area contributed by atoms with Crippen molar-refractivity contribution in [3.63, 3.8) is 0 Å². The summed E-state index contributed by atoms with van der Waals surface area (Å²) in [7, 11) is 4.13. The molecule has 1 unspecified atom stereocenters. The third-order valence-electron chi connectivity index (χ3n) is 5.60. The van der Waals surface area contributed by atoms with E-state index in [9.17, 15) is 0 Å². The molecule has 5 heteroatoms. The van der Waals surface area contributed by atoms with Gasteiger partial charge in [-0.25, -0.2) is 4.99 Å². The minimum absolute atomic E-state index is 0.0260. The fourth-order valence-corrected chi connectivity index (χ4v) is 4.14. The Morgan fingerprint density at radius 3 is 2.62 bits per heavy atom. The number of ether oxygens (including phenoxy) is 1. The summed E-state index contributed by atoms with van der Waals surface area (Å²) in [6, 6.07) is 4.77. The average Bonchev–Trinajstić information content (AvgIpc) is 2.92. The highest BCUT2D eigenvalue weighted by Gasteiger charge is 2.42. The smallest absolute Gasteiger partial charge is 0.210 e. The first kappa shape index (κ1) is 17.0. The topological polar surface area (TPSA) is 40.1 Å². The van der Waals surface area contributed by atoms with E-state index in [0.717, 1.165) is 30.4 Å². The SMILES string of the molecule is CCC(CC)NC1=NC2C3=C(Oc4cc(C)cc(C)c4C3=CN2C)N1C. The molecule has 138 valence electrons. The number of benzene rings is 1. The van der Waals surface area contributed by atoms with Crippen LogP contribution >= 0.6 is 0 Å². The standard InChI is InChI=1S/C21H28N4O/c1-7-14(8-2)22-21-23-19-18-15(11-24(19)5)17-13(4)9-12(3)10-16(17)26-20(18)25(21)6/h9-11,14,19H,7-8H2,1-6H3,(H,22,23). The van der Waals surface area contributed by atoms with Gasteiger partial charge in [0.15, 0.2) is 6.17 Å². The molecule has 0 amide bonds. The van der Waals surface area contributed by atoms with Crippen molar-refractivity contribution in [3.8, 4) is 5.75 Å². The molecule has 0 aliphatic carbocycles. The molecule has 0 bridgehead atoms. The number of nitrogens with zero attached hydrogens (tertiary/aromatic N) is 3. The number of fused-ring (bicyclic) bond motifs is 2. The minimum atomic E-state index is -0.0260. The van der Waals surface area contributed by atoms with Crippen LogP contribution in [0.15, 0.2) is 34.8 Å². The van der Waals surface area contributed by atoms with Crippen molar-refractivity contribution < 1.29 is 4.74 Å². The molecule has 1 atom stereocenters. The summed E-state index contributed by atoms with van der Waals surface area (Å²) >= 11 is 0. The number of rotatable bonds is 3. The second kappa shape index (κ2) is 6.08. The van der Waals surface area contributed by atoms with Crippen molar-refractivity contribution in [2.45, 2.75) is 52.7 Å². The molecule has 0 aromatic heterocycles. The number of likely N-dealkylation sites (N-methyl/N-ethyl adjacent to an activating group) is 1. The fraction of sp³-hybridized carbons (Fsp3) is 0.476. The molecule has 3 aliphatic rings. The number of nitrogens with one attached hydrogen (secondary N) is 1. The summed E-state index contributed by atoms with van der Waals surface area (Å²) < 4.78 is 6.44. The zero-order chi connectivity index (χ0) is 18.6. The van der Waals surface area contributed by atoms with Gasteiger partial charge >= 0.3 is 0 Å². The molecule has 1 N–H and O–H groups in total. The van der Waals surface area contributed by atoms with Gasteiger partial charge in [-0.3, -0.25) is 4.90 Å². The highest BCUT2D eigenvalue weighted by Crippen LogP contribution is 2.48. The minimum Gasteiger partial charge on any atom is -0.440 e. The monoisotopic (exact) mass is 352 g/mol. The maximum atomic E-state index is 6.44. The molecule has 0 fully saturated rings. The van der Waals surface area contributed by atoms with Crippen molar-refractivity contribution in [2.75, 3.05) is 14.1 Å². The van der Waals surface area contributed by atoms with Crippen molar-refractivity contribution >= 4 is 11.5 Å². The van der Waals surface area contributed by atoms with Crippen molar-refractivity contribution in [3.05, 3.63) is 46.5 Å². The third kappa shape index (κ3) is 2.41. The van der Waals surface area contributed by atoms with Crippen molar-refractivity contribution in [2.24, 2.45) is 4.99 Å². The zero-order valence-electron chi connectivity index (χ0n) is 16.6. The molecule has 3 heterocycles. The molecule has 3 aliphatic heterocycles. The molecule has 0 saturated carbocycles. The van der Waals surface area contributed by atoms with Gasteiger partial charge in [-0.05, 0) is 43.9 Å². The van der Waals surface area contributed by atoms with Gasteiger partial charge in [0.05, 0.1) is 5.57 Å². The first-order valence-corrected chi connectivity index (χ1v) is 9.50. The van der Waals surface area contributed by atoms with Gasteiger partial charge in [-0.15, -0.1) is 0 Å². The first-order chi connectivity index (χ1) is 12.4. The molecule has 5 nitrogen and oxygen atoms in total. The van der Waals surface area contributed by atoms with E-state index in [1.165, 1.54) is 27.8 Å². The van der Waals surface area contributed by atoms with Crippen LogP contribution in [0, 0.1) is 13.8 Å². The summed E-state index contributed by atoms with van der Waals surface area (Å²) in [5, 5.41) is 3.60. The molecular formula is C21H28N4O. The van der Waals surface area contributed by atoms with Crippen LogP contribution in [0.5, 0.6) is 5.75 Å². The van der Waals surface area contributed by atoms with Crippen LogP contribution in [0.1, 0.15) is 43.4 Å². The highest BCUT2D eigenvalue weighted by molar-refractivity contribution is 5.93. The van der Waals surface area contributed by atoms with E-state index in [0.29, 0.717) is 6.04 Å². The van der Waals surface area contributed by atoms with Crippen molar-refractivity contribution in [1.82, 2.24) is 15.1 Å². The summed E-state index contributed by atoms with van der Waals surface area (Å²) in [6.07, 6.45) is 4.32. The van der Waals surface area contributed by atoms with E-state index in [2.05, 4.69) is 68.2 Å². The van der Waals surface area contributed by atoms with E-state index < -0.39 is 0 Å². The van der Waals surface area contributed by atoms with Crippen LogP contribution in [-0.4, -0.2) is 42.1 Å². The predicted octanol–water partition coefficient (Wildman–Crippen LogP) is 3.60. The number of hydrogen-bond donors (Lipinski definition) is 1. The van der Waals surface area contributed by atoms with Gasteiger partial charge < -0.3 is 15.0 Å². The number of guanidine groups is 1. The van der Waals surface area contributed by atoms with Gasteiger partial charge in [0.2, 0.25) is 11.8 Å². The van der Waals surface area contributed by atoms with Crippen LogP contribution in [0.2, 0.25) is 0 Å². The molecule has 1 aromatic carbocycles. The Balaban J connectivity index is 1.78. The van der Waals surface area contributed by atoms with Crippen LogP contribution < -0.4 is 10.1 Å². The molecule has 0 saturated heterocycles. The zero-order valence-corrected chi connectivity index (χ0v) is 16.6. The summed E-state index contributed by atoms with van der Waals surface area (Å²) in [4.78, 5) is 9.26. The maximum Gasteiger partial charge on any atom is 0.210 e. The molecule has 4 rings (SSSR count). The average molecular weight is 352 g/mol. The third-order valence-corrected chi connectivity index (χ3v) is 5.60. The fourth-order valence-electron chi connectivity index (χ4n) is 4.14. The van der Waals surface area contributed by atoms with Gasteiger partial charge in [0, 0.05) is 37.5 Å². The first-order valence-electron chi connectivity index (χ1n) is 9.50. The van der Waals surface area contributed by atoms with Crippen LogP contribution in [0.3, 0.4) is 0 Å². The van der Waals surface area contributed by atoms with E-state index >= 15 is 0 Å². The lowest BCUT2D eigenvalue weighted by Crippen LogP contribution is -2.49. The predicted molar refractivity (Wildman–Crippen MR) is 106 cm³/mol. The van der Waals surface area contributed by atoms with E-state index in [1.807, 2.05) is 7.05 Å². The van der Waals surface area contributed by atoms with E-state index in [4.69, 9.17) is 9.73 Å². The molecule has 26 heavy (non-hydrogen) atoms. The number of aryl methyl sites for hydroxylation is 2. The molecule has 0 spiro atoms. The second-order valence-electron chi connectivity index (χ2n) is 7.53. The Labute approximate surface area is 156 Å². The van der Waals surface area contributed by atoms with Gasteiger partial charge in [-0.1, -0.05) is 19.9 Å². The lowest BCUT2D eigenvalue weighted by Gasteiger charge is -2.37. The quantitative estimate of drug-likeness (QED) is 0.902. The van der Waals surface area contributed by atoms with E-state index in [1.54, 1.807) is 0 Å². The lowest BCUT2D eigenvalue weighted by molar-refractivity contribution is 0.273. The largest absolute Gasteiger partial charge is 0.440 e.